The first-order valence-corrected chi connectivity index (χ1v) is 7.40. The molecule has 0 atom stereocenters. The van der Waals surface area contributed by atoms with E-state index in [1.165, 1.54) is 17.7 Å². The van der Waals surface area contributed by atoms with Gasteiger partial charge < -0.3 is 10.1 Å². The van der Waals surface area contributed by atoms with E-state index in [0.29, 0.717) is 5.56 Å². The molecule has 0 saturated carbocycles. The van der Waals surface area contributed by atoms with E-state index in [0.717, 1.165) is 22.9 Å². The second kappa shape index (κ2) is 6.36. The molecule has 1 heterocycles. The molecular formula is C18H17N3O2. The number of amides is 1. The number of fused-ring (bicyclic) bond motifs is 1. The number of phenols is 1. The van der Waals surface area contributed by atoms with Gasteiger partial charge in [0, 0.05) is 28.2 Å². The van der Waals surface area contributed by atoms with Gasteiger partial charge in [-0.15, -0.1) is 0 Å². The molecule has 5 nitrogen and oxygen atoms in total. The number of aromatic nitrogens is 1. The molecule has 0 aliphatic carbocycles. The average molecular weight is 307 g/mol. The number of rotatable bonds is 4. The van der Waals surface area contributed by atoms with Gasteiger partial charge in [-0.25, -0.2) is 5.43 Å². The molecule has 23 heavy (non-hydrogen) atoms. The second-order valence-corrected chi connectivity index (χ2v) is 5.18. The van der Waals surface area contributed by atoms with Crippen molar-refractivity contribution in [2.24, 2.45) is 5.10 Å². The molecule has 116 valence electrons. The summed E-state index contributed by atoms with van der Waals surface area (Å²) in [7, 11) is 0. The van der Waals surface area contributed by atoms with Gasteiger partial charge in [0.05, 0.1) is 6.21 Å². The number of aromatic hydroxyl groups is 1. The lowest BCUT2D eigenvalue weighted by Crippen LogP contribution is -2.17. The zero-order valence-electron chi connectivity index (χ0n) is 12.7. The van der Waals surface area contributed by atoms with Crippen molar-refractivity contribution in [1.29, 1.82) is 0 Å². The number of hydrogen-bond acceptors (Lipinski definition) is 3. The van der Waals surface area contributed by atoms with Crippen molar-refractivity contribution in [1.82, 2.24) is 10.4 Å². The van der Waals surface area contributed by atoms with Gasteiger partial charge in [-0.05, 0) is 36.2 Å². The topological polar surface area (TPSA) is 77.5 Å². The number of hydrazone groups is 1. The molecule has 3 N–H and O–H groups in total. The first kappa shape index (κ1) is 14.8. The van der Waals surface area contributed by atoms with E-state index >= 15 is 0 Å². The second-order valence-electron chi connectivity index (χ2n) is 5.18. The molecule has 0 saturated heterocycles. The summed E-state index contributed by atoms with van der Waals surface area (Å²) in [4.78, 5) is 15.2. The molecule has 0 spiro atoms. The number of carbonyl (C=O) groups is 1. The fourth-order valence-corrected chi connectivity index (χ4v) is 2.48. The molecule has 0 aliphatic rings. The summed E-state index contributed by atoms with van der Waals surface area (Å²) in [5, 5.41) is 14.3. The van der Waals surface area contributed by atoms with Crippen molar-refractivity contribution >= 4 is 23.0 Å². The highest BCUT2D eigenvalue weighted by Crippen LogP contribution is 2.20. The van der Waals surface area contributed by atoms with E-state index in [1.54, 1.807) is 18.3 Å². The fourth-order valence-electron chi connectivity index (χ4n) is 2.48. The lowest BCUT2D eigenvalue weighted by atomic mass is 10.1. The highest BCUT2D eigenvalue weighted by atomic mass is 16.3. The summed E-state index contributed by atoms with van der Waals surface area (Å²) in [6.07, 6.45) is 4.45. The molecule has 1 aromatic heterocycles. The van der Waals surface area contributed by atoms with Crippen LogP contribution in [0.25, 0.3) is 10.9 Å². The van der Waals surface area contributed by atoms with Gasteiger partial charge >= 0.3 is 0 Å². The summed E-state index contributed by atoms with van der Waals surface area (Å²) in [6, 6.07) is 12.1. The number of nitrogens with zero attached hydrogens (tertiary/aromatic N) is 1. The summed E-state index contributed by atoms with van der Waals surface area (Å²) in [5.74, 6) is -0.203. The predicted molar refractivity (Wildman–Crippen MR) is 90.8 cm³/mol. The van der Waals surface area contributed by atoms with E-state index in [4.69, 9.17) is 0 Å². The van der Waals surface area contributed by atoms with Crippen LogP contribution in [0.15, 0.2) is 53.8 Å². The van der Waals surface area contributed by atoms with Crippen molar-refractivity contribution in [3.05, 3.63) is 65.4 Å². The number of aryl methyl sites for hydroxylation is 1. The first-order valence-electron chi connectivity index (χ1n) is 7.40. The fraction of sp³-hybridized carbons (Fsp3) is 0.111. The smallest absolute Gasteiger partial charge is 0.271 e. The van der Waals surface area contributed by atoms with Gasteiger partial charge in [0.25, 0.3) is 5.91 Å². The highest BCUT2D eigenvalue weighted by molar-refractivity contribution is 6.01. The van der Waals surface area contributed by atoms with Crippen LogP contribution in [0.1, 0.15) is 28.4 Å². The van der Waals surface area contributed by atoms with Crippen LogP contribution in [0, 0.1) is 0 Å². The van der Waals surface area contributed by atoms with Crippen LogP contribution in [-0.2, 0) is 6.42 Å². The molecule has 3 rings (SSSR count). The molecule has 0 fully saturated rings. The molecule has 2 aromatic carbocycles. The third kappa shape index (κ3) is 3.08. The van der Waals surface area contributed by atoms with E-state index in [9.17, 15) is 9.90 Å². The van der Waals surface area contributed by atoms with E-state index in [2.05, 4.69) is 28.5 Å². The maximum absolute atomic E-state index is 11.9. The SMILES string of the molecule is CCc1cccc2c(/C=N\NC(=O)c3ccc(O)cc3)c[nH]c12. The zero-order valence-corrected chi connectivity index (χ0v) is 12.7. The Morgan fingerprint density at radius 1 is 1.26 bits per heavy atom. The Morgan fingerprint density at radius 3 is 2.78 bits per heavy atom. The minimum atomic E-state index is -0.324. The number of nitrogens with one attached hydrogen (secondary N) is 2. The van der Waals surface area contributed by atoms with Crippen LogP contribution < -0.4 is 5.43 Å². The molecular weight excluding hydrogens is 290 g/mol. The lowest BCUT2D eigenvalue weighted by Gasteiger charge is -2.00. The van der Waals surface area contributed by atoms with Gasteiger partial charge in [-0.3, -0.25) is 4.79 Å². The van der Waals surface area contributed by atoms with Gasteiger partial charge in [0.1, 0.15) is 5.75 Å². The normalized spacial score (nSPS) is 11.2. The minimum Gasteiger partial charge on any atom is -0.508 e. The quantitative estimate of drug-likeness (QED) is 0.511. The van der Waals surface area contributed by atoms with Gasteiger partial charge in [0.15, 0.2) is 0 Å². The summed E-state index contributed by atoms with van der Waals surface area (Å²) >= 11 is 0. The Balaban J connectivity index is 1.76. The molecule has 0 bridgehead atoms. The average Bonchev–Trinajstić information content (AvgIpc) is 2.98. The Kier molecular flexibility index (Phi) is 4.10. The Hall–Kier alpha value is -3.08. The van der Waals surface area contributed by atoms with E-state index in [-0.39, 0.29) is 11.7 Å². The number of carbonyl (C=O) groups excluding carboxylic acids is 1. The summed E-state index contributed by atoms with van der Waals surface area (Å²) in [5.41, 5.74) is 6.18. The molecule has 0 unspecified atom stereocenters. The van der Waals surface area contributed by atoms with Crippen LogP contribution in [0.4, 0.5) is 0 Å². The van der Waals surface area contributed by atoms with Crippen LogP contribution in [0.2, 0.25) is 0 Å². The van der Waals surface area contributed by atoms with Crippen molar-refractivity contribution < 1.29 is 9.90 Å². The van der Waals surface area contributed by atoms with Gasteiger partial charge in [-0.2, -0.15) is 5.10 Å². The predicted octanol–water partition coefficient (Wildman–Crippen LogP) is 3.20. The Labute approximate surface area is 133 Å². The maximum atomic E-state index is 11.9. The van der Waals surface area contributed by atoms with Crippen molar-refractivity contribution in [3.8, 4) is 5.75 Å². The number of para-hydroxylation sites is 1. The molecule has 0 radical (unpaired) electrons. The standard InChI is InChI=1S/C18H17N3O2/c1-2-12-4-3-5-16-14(10-19-17(12)16)11-20-21-18(23)13-6-8-15(22)9-7-13/h3-11,19,22H,2H2,1H3,(H,21,23)/b20-11-. The third-order valence-electron chi connectivity index (χ3n) is 3.71. The molecule has 1 amide bonds. The largest absolute Gasteiger partial charge is 0.508 e. The Bertz CT molecular complexity index is 864. The summed E-state index contributed by atoms with van der Waals surface area (Å²) in [6.45, 7) is 2.11. The molecule has 5 heteroatoms. The van der Waals surface area contributed by atoms with Crippen LogP contribution in [0.5, 0.6) is 5.75 Å². The van der Waals surface area contributed by atoms with Crippen molar-refractivity contribution in [2.75, 3.05) is 0 Å². The van der Waals surface area contributed by atoms with Crippen molar-refractivity contribution in [3.63, 3.8) is 0 Å². The van der Waals surface area contributed by atoms with Gasteiger partial charge in [0.2, 0.25) is 0 Å². The first-order chi connectivity index (χ1) is 11.2. The number of benzene rings is 2. The number of phenolic OH excluding ortho intramolecular Hbond substituents is 1. The van der Waals surface area contributed by atoms with Crippen LogP contribution in [0.3, 0.4) is 0 Å². The highest BCUT2D eigenvalue weighted by Gasteiger charge is 2.06. The maximum Gasteiger partial charge on any atom is 0.271 e. The molecule has 3 aromatic rings. The number of hydrogen-bond donors (Lipinski definition) is 3. The zero-order chi connectivity index (χ0) is 16.2. The molecule has 0 aliphatic heterocycles. The lowest BCUT2D eigenvalue weighted by molar-refractivity contribution is 0.0955. The number of H-pyrrole nitrogens is 1. The minimum absolute atomic E-state index is 0.121. The Morgan fingerprint density at radius 2 is 2.04 bits per heavy atom. The van der Waals surface area contributed by atoms with E-state index < -0.39 is 0 Å². The number of aromatic amines is 1. The summed E-state index contributed by atoms with van der Waals surface area (Å²) < 4.78 is 0. The van der Waals surface area contributed by atoms with Crippen LogP contribution in [-0.4, -0.2) is 22.2 Å². The monoisotopic (exact) mass is 307 g/mol. The van der Waals surface area contributed by atoms with E-state index in [1.807, 2.05) is 18.3 Å². The third-order valence-corrected chi connectivity index (χ3v) is 3.71. The van der Waals surface area contributed by atoms with Crippen LogP contribution >= 0.6 is 0 Å². The van der Waals surface area contributed by atoms with Gasteiger partial charge in [-0.1, -0.05) is 25.1 Å². The van der Waals surface area contributed by atoms with Crippen molar-refractivity contribution in [2.45, 2.75) is 13.3 Å².